The van der Waals surface area contributed by atoms with Gasteiger partial charge in [0, 0.05) is 12.4 Å². The number of benzene rings is 1. The van der Waals surface area contributed by atoms with Gasteiger partial charge in [-0.05, 0) is 30.7 Å². The quantitative estimate of drug-likeness (QED) is 0.648. The number of aromatic nitrogens is 3. The molecule has 24 heavy (non-hydrogen) atoms. The molecule has 7 nitrogen and oxygen atoms in total. The van der Waals surface area contributed by atoms with E-state index in [2.05, 4.69) is 10.1 Å². The lowest BCUT2D eigenvalue weighted by atomic mass is 10.2. The Kier molecular flexibility index (Phi) is 4.60. The number of esters is 1. The van der Waals surface area contributed by atoms with Crippen molar-refractivity contribution in [3.8, 4) is 11.5 Å². The van der Waals surface area contributed by atoms with Crippen LogP contribution in [0.5, 0.6) is 11.5 Å². The highest BCUT2D eigenvalue weighted by molar-refractivity contribution is 5.95. The van der Waals surface area contributed by atoms with Gasteiger partial charge in [-0.15, -0.1) is 0 Å². The molecule has 0 aliphatic heterocycles. The van der Waals surface area contributed by atoms with E-state index in [4.69, 9.17) is 14.2 Å². The Bertz CT molecular complexity index is 860. The fraction of sp³-hybridized carbons (Fsp3) is 0.235. The number of hydrogen-bond donors (Lipinski definition) is 0. The lowest BCUT2D eigenvalue weighted by Gasteiger charge is -2.11. The summed E-state index contributed by atoms with van der Waals surface area (Å²) < 4.78 is 17.6. The van der Waals surface area contributed by atoms with Crippen LogP contribution >= 0.6 is 0 Å². The maximum absolute atomic E-state index is 12.2. The average molecular weight is 327 g/mol. The summed E-state index contributed by atoms with van der Waals surface area (Å²) in [5.74, 6) is 0.779. The molecule has 3 rings (SSSR count). The largest absolute Gasteiger partial charge is 0.493 e. The molecule has 0 atom stereocenters. The highest BCUT2D eigenvalue weighted by Crippen LogP contribution is 2.28. The Morgan fingerprint density at radius 3 is 2.96 bits per heavy atom. The van der Waals surface area contributed by atoms with Crippen LogP contribution in [0.25, 0.3) is 5.65 Å². The Labute approximate surface area is 138 Å². The van der Waals surface area contributed by atoms with Crippen molar-refractivity contribution >= 4 is 11.6 Å². The second-order valence-corrected chi connectivity index (χ2v) is 4.94. The fourth-order valence-corrected chi connectivity index (χ4v) is 2.27. The van der Waals surface area contributed by atoms with Crippen LogP contribution in [0.2, 0.25) is 0 Å². The summed E-state index contributed by atoms with van der Waals surface area (Å²) in [5.41, 5.74) is 1.59. The van der Waals surface area contributed by atoms with E-state index in [1.807, 2.05) is 13.0 Å². The van der Waals surface area contributed by atoms with Crippen molar-refractivity contribution in [1.82, 2.24) is 14.6 Å². The van der Waals surface area contributed by atoms with Crippen molar-refractivity contribution in [3.63, 3.8) is 0 Å². The number of hydrogen-bond acceptors (Lipinski definition) is 6. The summed E-state index contributed by atoms with van der Waals surface area (Å²) in [6, 6.07) is 7.14. The van der Waals surface area contributed by atoms with Crippen molar-refractivity contribution in [2.45, 2.75) is 13.5 Å². The molecule has 3 aromatic rings. The van der Waals surface area contributed by atoms with Crippen LogP contribution in [-0.2, 0) is 11.3 Å². The normalized spacial score (nSPS) is 10.6. The summed E-state index contributed by atoms with van der Waals surface area (Å²) in [4.78, 5) is 16.4. The molecule has 0 amide bonds. The van der Waals surface area contributed by atoms with Gasteiger partial charge < -0.3 is 14.2 Å². The number of methoxy groups -OCH3 is 1. The molecule has 0 saturated heterocycles. The molecule has 124 valence electrons. The van der Waals surface area contributed by atoms with Gasteiger partial charge in [-0.25, -0.2) is 14.3 Å². The third-order valence-corrected chi connectivity index (χ3v) is 3.40. The van der Waals surface area contributed by atoms with Crippen LogP contribution < -0.4 is 9.47 Å². The van der Waals surface area contributed by atoms with Gasteiger partial charge in [0.15, 0.2) is 17.1 Å². The van der Waals surface area contributed by atoms with Crippen LogP contribution in [0.4, 0.5) is 0 Å². The van der Waals surface area contributed by atoms with Crippen LogP contribution in [0.15, 0.2) is 42.9 Å². The summed E-state index contributed by atoms with van der Waals surface area (Å²) in [7, 11) is 1.57. The molecule has 2 aromatic heterocycles. The second kappa shape index (κ2) is 6.99. The summed E-state index contributed by atoms with van der Waals surface area (Å²) in [6.07, 6.45) is 4.77. The number of rotatable bonds is 6. The van der Waals surface area contributed by atoms with Gasteiger partial charge >= 0.3 is 5.97 Å². The monoisotopic (exact) mass is 327 g/mol. The molecule has 0 radical (unpaired) electrons. The van der Waals surface area contributed by atoms with Crippen LogP contribution in [0.1, 0.15) is 22.8 Å². The predicted molar refractivity (Wildman–Crippen MR) is 86.3 cm³/mol. The molecular formula is C17H17N3O4. The van der Waals surface area contributed by atoms with Crippen molar-refractivity contribution < 1.29 is 19.0 Å². The molecule has 7 heteroatoms. The molecule has 2 heterocycles. The average Bonchev–Trinajstić information content (AvgIpc) is 3.05. The number of nitrogens with zero attached hydrogens (tertiary/aromatic N) is 3. The van der Waals surface area contributed by atoms with Crippen LogP contribution in [0.3, 0.4) is 0 Å². The molecule has 0 aliphatic carbocycles. The molecule has 0 aliphatic rings. The summed E-state index contributed by atoms with van der Waals surface area (Å²) in [5, 5.41) is 4.07. The highest BCUT2D eigenvalue weighted by atomic mass is 16.5. The number of ether oxygens (including phenoxy) is 3. The van der Waals surface area contributed by atoms with E-state index in [-0.39, 0.29) is 6.61 Å². The zero-order valence-corrected chi connectivity index (χ0v) is 13.4. The van der Waals surface area contributed by atoms with Crippen molar-refractivity contribution in [2.75, 3.05) is 13.7 Å². The van der Waals surface area contributed by atoms with Crippen molar-refractivity contribution in [2.24, 2.45) is 0 Å². The van der Waals surface area contributed by atoms with Crippen molar-refractivity contribution in [3.05, 3.63) is 54.0 Å². The van der Waals surface area contributed by atoms with E-state index in [9.17, 15) is 4.79 Å². The lowest BCUT2D eigenvalue weighted by Crippen LogP contribution is -2.06. The van der Waals surface area contributed by atoms with Gasteiger partial charge in [0.2, 0.25) is 0 Å². The number of fused-ring (bicyclic) bond motifs is 1. The maximum Gasteiger partial charge on any atom is 0.343 e. The van der Waals surface area contributed by atoms with Gasteiger partial charge in [-0.1, -0.05) is 6.07 Å². The minimum absolute atomic E-state index is 0.117. The molecular weight excluding hydrogens is 310 g/mol. The summed E-state index contributed by atoms with van der Waals surface area (Å²) in [6.45, 7) is 2.57. The molecule has 0 unspecified atom stereocenters. The molecule has 0 saturated carbocycles. The minimum Gasteiger partial charge on any atom is -0.493 e. The molecule has 0 fully saturated rings. The fourth-order valence-electron chi connectivity index (χ4n) is 2.27. The first-order valence-corrected chi connectivity index (χ1v) is 7.48. The van der Waals surface area contributed by atoms with E-state index in [1.165, 1.54) is 10.7 Å². The summed E-state index contributed by atoms with van der Waals surface area (Å²) >= 11 is 0. The third kappa shape index (κ3) is 3.15. The molecule has 0 bridgehead atoms. The smallest absolute Gasteiger partial charge is 0.343 e. The minimum atomic E-state index is -0.475. The first-order valence-electron chi connectivity index (χ1n) is 7.48. The topological polar surface area (TPSA) is 75.0 Å². The van der Waals surface area contributed by atoms with E-state index in [0.717, 1.165) is 5.56 Å². The lowest BCUT2D eigenvalue weighted by molar-refractivity contribution is 0.0474. The Balaban J connectivity index is 1.72. The van der Waals surface area contributed by atoms with Gasteiger partial charge in [0.05, 0.1) is 19.9 Å². The van der Waals surface area contributed by atoms with Gasteiger partial charge in [0.25, 0.3) is 0 Å². The molecule has 0 spiro atoms. The van der Waals surface area contributed by atoms with Crippen LogP contribution in [0, 0.1) is 0 Å². The van der Waals surface area contributed by atoms with Crippen molar-refractivity contribution in [1.29, 1.82) is 0 Å². The number of carbonyl (C=O) groups is 1. The first kappa shape index (κ1) is 15.8. The van der Waals surface area contributed by atoms with E-state index < -0.39 is 5.97 Å². The molecule has 1 aromatic carbocycles. The first-order chi connectivity index (χ1) is 11.7. The second-order valence-electron chi connectivity index (χ2n) is 4.94. The Hall–Kier alpha value is -3.09. The maximum atomic E-state index is 12.2. The zero-order valence-electron chi connectivity index (χ0n) is 13.4. The van der Waals surface area contributed by atoms with Gasteiger partial charge in [-0.2, -0.15) is 5.10 Å². The van der Waals surface area contributed by atoms with E-state index in [1.54, 1.807) is 37.7 Å². The Morgan fingerprint density at radius 2 is 2.17 bits per heavy atom. The third-order valence-electron chi connectivity index (χ3n) is 3.40. The number of carbonyl (C=O) groups excluding carboxylic acids is 1. The SMILES string of the molecule is CCOc1ccc(COC(=O)c2cnn3cccnc23)cc1OC. The van der Waals surface area contributed by atoms with Gasteiger partial charge in [-0.3, -0.25) is 0 Å². The highest BCUT2D eigenvalue weighted by Gasteiger charge is 2.15. The predicted octanol–water partition coefficient (Wildman–Crippen LogP) is 2.49. The molecule has 0 N–H and O–H groups in total. The van der Waals surface area contributed by atoms with Gasteiger partial charge in [0.1, 0.15) is 12.2 Å². The van der Waals surface area contributed by atoms with E-state index in [0.29, 0.717) is 29.3 Å². The standard InChI is InChI=1S/C17H17N3O4/c1-3-23-14-6-5-12(9-15(14)22-2)11-24-17(21)13-10-19-20-8-4-7-18-16(13)20/h4-10H,3,11H2,1-2H3. The zero-order chi connectivity index (χ0) is 16.9. The Morgan fingerprint density at radius 1 is 1.29 bits per heavy atom. The van der Waals surface area contributed by atoms with Crippen LogP contribution in [-0.4, -0.2) is 34.3 Å². The van der Waals surface area contributed by atoms with E-state index >= 15 is 0 Å².